The topological polar surface area (TPSA) is 101 Å². The summed E-state index contributed by atoms with van der Waals surface area (Å²) in [5, 5.41) is 15.7. The number of carbonyl (C=O) groups excluding carboxylic acids is 1. The minimum atomic E-state index is -0.379. The van der Waals surface area contributed by atoms with Crippen LogP contribution in [-0.2, 0) is 4.79 Å². The van der Waals surface area contributed by atoms with E-state index in [-0.39, 0.29) is 22.6 Å². The number of benzene rings is 2. The molecule has 0 unspecified atom stereocenters. The summed E-state index contributed by atoms with van der Waals surface area (Å²) < 4.78 is 5.60. The maximum atomic E-state index is 12.9. The molecule has 172 valence electrons. The van der Waals surface area contributed by atoms with Gasteiger partial charge in [-0.25, -0.2) is 0 Å². The standard InChI is InChI=1S/C24H27N5O4/c1-3-33-23-7-5-4-6-20(23)26-24(30)17(2)27-12-14-28(15-13-27)21-8-9-22(29(31)32)19-16-25-11-10-18(19)21/h4-11,16-17H,3,12-15H2,1-2H3,(H,26,30)/t17-/m1/s1. The van der Waals surface area contributed by atoms with E-state index >= 15 is 0 Å². The molecule has 9 heteroatoms. The van der Waals surface area contributed by atoms with Gasteiger partial charge in [0.1, 0.15) is 5.75 Å². The number of rotatable bonds is 7. The highest BCUT2D eigenvalue weighted by molar-refractivity contribution is 5.99. The van der Waals surface area contributed by atoms with Gasteiger partial charge in [0.05, 0.1) is 28.6 Å². The first-order valence-electron chi connectivity index (χ1n) is 11.0. The summed E-state index contributed by atoms with van der Waals surface area (Å²) in [5.41, 5.74) is 1.67. The van der Waals surface area contributed by atoms with Crippen molar-refractivity contribution in [1.82, 2.24) is 9.88 Å². The Bertz CT molecular complexity index is 1160. The lowest BCUT2D eigenvalue weighted by molar-refractivity contribution is -0.383. The summed E-state index contributed by atoms with van der Waals surface area (Å²) in [6.07, 6.45) is 3.19. The van der Waals surface area contributed by atoms with Crippen molar-refractivity contribution in [1.29, 1.82) is 0 Å². The van der Waals surface area contributed by atoms with Gasteiger partial charge in [-0.05, 0) is 38.1 Å². The minimum absolute atomic E-state index is 0.0538. The lowest BCUT2D eigenvalue weighted by atomic mass is 10.1. The molecule has 2 aromatic carbocycles. The second-order valence-corrected chi connectivity index (χ2v) is 7.90. The second-order valence-electron chi connectivity index (χ2n) is 7.90. The largest absolute Gasteiger partial charge is 0.492 e. The Labute approximate surface area is 192 Å². The zero-order valence-corrected chi connectivity index (χ0v) is 18.7. The molecule has 1 fully saturated rings. The van der Waals surface area contributed by atoms with E-state index in [1.807, 2.05) is 44.2 Å². The number of nitrogens with one attached hydrogen (secondary N) is 1. The van der Waals surface area contributed by atoms with E-state index in [4.69, 9.17) is 4.74 Å². The van der Waals surface area contributed by atoms with E-state index in [1.54, 1.807) is 18.5 Å². The van der Waals surface area contributed by atoms with Crippen molar-refractivity contribution in [3.63, 3.8) is 0 Å². The Morgan fingerprint density at radius 1 is 1.15 bits per heavy atom. The van der Waals surface area contributed by atoms with Crippen LogP contribution in [0.15, 0.2) is 54.9 Å². The van der Waals surface area contributed by atoms with Crippen LogP contribution in [0.1, 0.15) is 13.8 Å². The third kappa shape index (κ3) is 4.73. The number of aromatic nitrogens is 1. The molecule has 1 aromatic heterocycles. The van der Waals surface area contributed by atoms with Crippen molar-refractivity contribution in [2.75, 3.05) is 43.0 Å². The Morgan fingerprint density at radius 2 is 1.91 bits per heavy atom. The predicted octanol–water partition coefficient (Wildman–Crippen LogP) is 3.69. The van der Waals surface area contributed by atoms with Gasteiger partial charge in [0, 0.05) is 55.7 Å². The summed E-state index contributed by atoms with van der Waals surface area (Å²) in [7, 11) is 0. The molecule has 33 heavy (non-hydrogen) atoms. The van der Waals surface area contributed by atoms with Crippen molar-refractivity contribution < 1.29 is 14.5 Å². The van der Waals surface area contributed by atoms with Crippen molar-refractivity contribution in [3.05, 3.63) is 65.0 Å². The number of fused-ring (bicyclic) bond motifs is 1. The number of anilines is 2. The molecular weight excluding hydrogens is 422 g/mol. The van der Waals surface area contributed by atoms with Crippen molar-refractivity contribution in [2.45, 2.75) is 19.9 Å². The lowest BCUT2D eigenvalue weighted by Crippen LogP contribution is -2.52. The molecule has 1 aliphatic rings. The average Bonchev–Trinajstić information content (AvgIpc) is 2.84. The third-order valence-electron chi connectivity index (χ3n) is 6.00. The van der Waals surface area contributed by atoms with Crippen LogP contribution < -0.4 is 15.0 Å². The second kappa shape index (κ2) is 9.83. The quantitative estimate of drug-likeness (QED) is 0.434. The summed E-state index contributed by atoms with van der Waals surface area (Å²) in [6, 6.07) is 12.3. The Morgan fingerprint density at radius 3 is 2.64 bits per heavy atom. The molecule has 0 bridgehead atoms. The molecule has 1 atom stereocenters. The summed E-state index contributed by atoms with van der Waals surface area (Å²) in [5.74, 6) is 0.576. The Kier molecular flexibility index (Phi) is 6.69. The van der Waals surface area contributed by atoms with Gasteiger partial charge in [-0.1, -0.05) is 12.1 Å². The van der Waals surface area contributed by atoms with E-state index in [0.29, 0.717) is 49.6 Å². The van der Waals surface area contributed by atoms with Crippen molar-refractivity contribution >= 4 is 33.7 Å². The number of pyridine rings is 1. The first-order chi connectivity index (χ1) is 16.0. The first kappa shape index (κ1) is 22.5. The molecule has 0 radical (unpaired) electrons. The van der Waals surface area contributed by atoms with Crippen LogP contribution in [0.4, 0.5) is 17.1 Å². The number of amides is 1. The molecule has 1 N–H and O–H groups in total. The van der Waals surface area contributed by atoms with Crippen molar-refractivity contribution in [3.8, 4) is 5.75 Å². The monoisotopic (exact) mass is 449 g/mol. The number of hydrogen-bond acceptors (Lipinski definition) is 7. The molecule has 4 rings (SSSR count). The summed E-state index contributed by atoms with van der Waals surface area (Å²) >= 11 is 0. The maximum Gasteiger partial charge on any atom is 0.278 e. The number of nitro benzene ring substituents is 1. The van der Waals surface area contributed by atoms with E-state index in [9.17, 15) is 14.9 Å². The smallest absolute Gasteiger partial charge is 0.278 e. The SMILES string of the molecule is CCOc1ccccc1NC(=O)[C@@H](C)N1CCN(c2ccc([N+](=O)[O-])c3cnccc23)CC1. The molecule has 0 spiro atoms. The van der Waals surface area contributed by atoms with Crippen LogP contribution in [-0.4, -0.2) is 59.5 Å². The molecular formula is C24H27N5O4. The first-order valence-corrected chi connectivity index (χ1v) is 11.0. The number of hydrogen-bond donors (Lipinski definition) is 1. The predicted molar refractivity (Wildman–Crippen MR) is 128 cm³/mol. The lowest BCUT2D eigenvalue weighted by Gasteiger charge is -2.39. The highest BCUT2D eigenvalue weighted by atomic mass is 16.6. The Balaban J connectivity index is 1.44. The molecule has 1 amide bonds. The molecule has 3 aromatic rings. The molecule has 1 aliphatic heterocycles. The maximum absolute atomic E-state index is 12.9. The van der Waals surface area contributed by atoms with Gasteiger partial charge in [-0.3, -0.25) is 24.8 Å². The van der Waals surface area contributed by atoms with E-state index in [2.05, 4.69) is 20.1 Å². The molecule has 1 saturated heterocycles. The van der Waals surface area contributed by atoms with Gasteiger partial charge < -0.3 is 15.0 Å². The number of carbonyl (C=O) groups is 1. The molecule has 0 aliphatic carbocycles. The van der Waals surface area contributed by atoms with Crippen LogP contribution in [0.2, 0.25) is 0 Å². The van der Waals surface area contributed by atoms with Gasteiger partial charge in [0.25, 0.3) is 5.69 Å². The van der Waals surface area contributed by atoms with Crippen LogP contribution in [0, 0.1) is 10.1 Å². The van der Waals surface area contributed by atoms with Crippen molar-refractivity contribution in [2.24, 2.45) is 0 Å². The third-order valence-corrected chi connectivity index (χ3v) is 6.00. The van der Waals surface area contributed by atoms with Gasteiger partial charge in [0.15, 0.2) is 0 Å². The van der Waals surface area contributed by atoms with Crippen LogP contribution in [0.25, 0.3) is 10.8 Å². The zero-order chi connectivity index (χ0) is 23.4. The normalized spacial score (nSPS) is 15.3. The van der Waals surface area contributed by atoms with Crippen LogP contribution in [0.5, 0.6) is 5.75 Å². The van der Waals surface area contributed by atoms with Gasteiger partial charge in [-0.2, -0.15) is 0 Å². The summed E-state index contributed by atoms with van der Waals surface area (Å²) in [6.45, 7) is 7.16. The number of nitro groups is 1. The molecule has 0 saturated carbocycles. The fourth-order valence-electron chi connectivity index (χ4n) is 4.20. The van der Waals surface area contributed by atoms with E-state index < -0.39 is 0 Å². The van der Waals surface area contributed by atoms with Gasteiger partial charge in [0.2, 0.25) is 5.91 Å². The highest BCUT2D eigenvalue weighted by Crippen LogP contribution is 2.33. The van der Waals surface area contributed by atoms with E-state index in [1.165, 1.54) is 6.07 Å². The number of para-hydroxylation sites is 2. The average molecular weight is 450 g/mol. The highest BCUT2D eigenvalue weighted by Gasteiger charge is 2.27. The number of ether oxygens (including phenoxy) is 1. The Hall–Kier alpha value is -3.72. The van der Waals surface area contributed by atoms with Gasteiger partial charge >= 0.3 is 0 Å². The van der Waals surface area contributed by atoms with Crippen LogP contribution in [0.3, 0.4) is 0 Å². The minimum Gasteiger partial charge on any atom is -0.492 e. The van der Waals surface area contributed by atoms with Gasteiger partial charge in [-0.15, -0.1) is 0 Å². The van der Waals surface area contributed by atoms with Crippen LogP contribution >= 0.6 is 0 Å². The van der Waals surface area contributed by atoms with E-state index in [0.717, 1.165) is 11.1 Å². The number of nitrogens with zero attached hydrogens (tertiary/aromatic N) is 4. The molecule has 9 nitrogen and oxygen atoms in total. The summed E-state index contributed by atoms with van der Waals surface area (Å²) in [4.78, 5) is 32.3. The zero-order valence-electron chi connectivity index (χ0n) is 18.7. The fraction of sp³-hybridized carbons (Fsp3) is 0.333. The number of non-ortho nitro benzene ring substituents is 1. The fourth-order valence-corrected chi connectivity index (χ4v) is 4.20. The number of piperazine rings is 1. The molecule has 2 heterocycles.